The number of hydrogen-bond acceptors (Lipinski definition) is 4. The summed E-state index contributed by atoms with van der Waals surface area (Å²) in [6.07, 6.45) is 2.00. The van der Waals surface area contributed by atoms with Gasteiger partial charge in [0.1, 0.15) is 11.6 Å². The van der Waals surface area contributed by atoms with E-state index in [0.29, 0.717) is 36.0 Å². The van der Waals surface area contributed by atoms with Crippen LogP contribution in [0.3, 0.4) is 0 Å². The summed E-state index contributed by atoms with van der Waals surface area (Å²) in [6.45, 7) is 6.88. The van der Waals surface area contributed by atoms with E-state index in [1.807, 2.05) is 25.1 Å². The van der Waals surface area contributed by atoms with Crippen LogP contribution in [0.4, 0.5) is 0 Å². The average Bonchev–Trinajstić information content (AvgIpc) is 2.56. The number of nitriles is 1. The third kappa shape index (κ3) is 4.43. The second-order valence-electron chi connectivity index (χ2n) is 5.60. The first-order valence-electron chi connectivity index (χ1n) is 8.25. The number of rotatable bonds is 7. The van der Waals surface area contributed by atoms with Gasteiger partial charge in [0.05, 0.1) is 13.2 Å². The van der Waals surface area contributed by atoms with Crippen molar-refractivity contribution in [1.29, 1.82) is 5.26 Å². The van der Waals surface area contributed by atoms with Crippen molar-refractivity contribution in [2.24, 2.45) is 0 Å². The van der Waals surface area contributed by atoms with Crippen LogP contribution in [0.5, 0.6) is 11.5 Å². The van der Waals surface area contributed by atoms with Crippen LogP contribution in [0.1, 0.15) is 37.9 Å². The molecule has 0 amide bonds. The Bertz CT molecular complexity index is 853. The number of nitrogens with one attached hydrogen (secondary N) is 1. The second-order valence-corrected chi connectivity index (χ2v) is 6.45. The molecular formula is C19H21BrN2O3. The number of nitrogens with zero attached hydrogens (tertiary/aromatic N) is 1. The minimum absolute atomic E-state index is 0.0772. The van der Waals surface area contributed by atoms with E-state index in [1.165, 1.54) is 0 Å². The largest absolute Gasteiger partial charge is 0.490 e. The van der Waals surface area contributed by atoms with E-state index in [-0.39, 0.29) is 5.56 Å². The maximum absolute atomic E-state index is 12.1. The van der Waals surface area contributed by atoms with Gasteiger partial charge in [0.15, 0.2) is 11.5 Å². The van der Waals surface area contributed by atoms with Gasteiger partial charge in [-0.15, -0.1) is 0 Å². The van der Waals surface area contributed by atoms with E-state index in [0.717, 1.165) is 22.9 Å². The highest BCUT2D eigenvalue weighted by atomic mass is 79.9. The van der Waals surface area contributed by atoms with Crippen LogP contribution in [0.15, 0.2) is 27.5 Å². The average molecular weight is 405 g/mol. The van der Waals surface area contributed by atoms with Crippen molar-refractivity contribution in [2.75, 3.05) is 13.2 Å². The van der Waals surface area contributed by atoms with Crippen LogP contribution in [0, 0.1) is 18.3 Å². The number of benzene rings is 1. The van der Waals surface area contributed by atoms with Crippen molar-refractivity contribution >= 4 is 15.9 Å². The molecule has 0 aliphatic heterocycles. The van der Waals surface area contributed by atoms with Crippen LogP contribution in [0.2, 0.25) is 0 Å². The number of aromatic nitrogens is 1. The summed E-state index contributed by atoms with van der Waals surface area (Å²) in [7, 11) is 0. The van der Waals surface area contributed by atoms with E-state index in [9.17, 15) is 10.1 Å². The summed E-state index contributed by atoms with van der Waals surface area (Å²) in [5.41, 5.74) is 1.65. The molecule has 1 aromatic heterocycles. The van der Waals surface area contributed by atoms with Gasteiger partial charge >= 0.3 is 0 Å². The molecule has 0 aliphatic rings. The Balaban J connectivity index is 2.58. The Morgan fingerprint density at radius 2 is 1.88 bits per heavy atom. The van der Waals surface area contributed by atoms with Crippen LogP contribution in [-0.4, -0.2) is 18.2 Å². The van der Waals surface area contributed by atoms with Gasteiger partial charge in [-0.1, -0.05) is 29.3 Å². The Morgan fingerprint density at radius 1 is 1.16 bits per heavy atom. The fraction of sp³-hybridized carbons (Fsp3) is 0.368. The molecule has 0 spiro atoms. The molecule has 25 heavy (non-hydrogen) atoms. The van der Waals surface area contributed by atoms with Crippen molar-refractivity contribution in [3.05, 3.63) is 44.3 Å². The first-order valence-corrected chi connectivity index (χ1v) is 9.04. The molecule has 0 saturated carbocycles. The summed E-state index contributed by atoms with van der Waals surface area (Å²) in [5, 5.41) is 9.37. The van der Waals surface area contributed by atoms with E-state index in [1.54, 1.807) is 13.0 Å². The predicted molar refractivity (Wildman–Crippen MR) is 101 cm³/mol. The maximum Gasteiger partial charge on any atom is 0.266 e. The number of pyridine rings is 1. The summed E-state index contributed by atoms with van der Waals surface area (Å²) in [6, 6.07) is 7.41. The smallest absolute Gasteiger partial charge is 0.266 e. The lowest BCUT2D eigenvalue weighted by Crippen LogP contribution is -2.13. The molecule has 0 unspecified atom stereocenters. The van der Waals surface area contributed by atoms with Crippen molar-refractivity contribution in [3.63, 3.8) is 0 Å². The first-order chi connectivity index (χ1) is 12.0. The van der Waals surface area contributed by atoms with Gasteiger partial charge in [0, 0.05) is 21.3 Å². The predicted octanol–water partition coefficient (Wildman–Crippen LogP) is 4.56. The Morgan fingerprint density at radius 3 is 2.52 bits per heavy atom. The summed E-state index contributed by atoms with van der Waals surface area (Å²) < 4.78 is 12.3. The number of aromatic amines is 1. The number of H-pyrrole nitrogens is 1. The number of ether oxygens (including phenoxy) is 2. The normalized spacial score (nSPS) is 10.4. The summed E-state index contributed by atoms with van der Waals surface area (Å²) >= 11 is 3.53. The molecular weight excluding hydrogens is 384 g/mol. The van der Waals surface area contributed by atoms with E-state index >= 15 is 0 Å². The maximum atomic E-state index is 12.1. The minimum atomic E-state index is -0.398. The van der Waals surface area contributed by atoms with E-state index in [2.05, 4.69) is 27.8 Å². The highest BCUT2D eigenvalue weighted by molar-refractivity contribution is 9.10. The van der Waals surface area contributed by atoms with Gasteiger partial charge in [-0.2, -0.15) is 5.26 Å². The zero-order chi connectivity index (χ0) is 18.4. The zero-order valence-electron chi connectivity index (χ0n) is 14.6. The number of unbranched alkanes of at least 4 members (excludes halogenated alkanes) is 1. The molecule has 0 saturated heterocycles. The standard InChI is InChI=1S/C19H21BrN2O3/c1-4-6-7-25-18-10-16(20)14(9-17(18)24-5-2)13-8-12(3)22-19(23)15(13)11-21/h8-10H,4-7H2,1-3H3,(H,22,23). The van der Waals surface area contributed by atoms with Crippen LogP contribution in [0.25, 0.3) is 11.1 Å². The van der Waals surface area contributed by atoms with Gasteiger partial charge in [0.25, 0.3) is 5.56 Å². The third-order valence-electron chi connectivity index (χ3n) is 3.66. The van der Waals surface area contributed by atoms with Crippen molar-refractivity contribution in [1.82, 2.24) is 4.98 Å². The lowest BCUT2D eigenvalue weighted by molar-refractivity contribution is 0.272. The fourth-order valence-corrected chi connectivity index (χ4v) is 3.00. The Labute approximate surface area is 155 Å². The highest BCUT2D eigenvalue weighted by Crippen LogP contribution is 2.39. The molecule has 132 valence electrons. The third-order valence-corrected chi connectivity index (χ3v) is 4.31. The lowest BCUT2D eigenvalue weighted by Gasteiger charge is -2.16. The van der Waals surface area contributed by atoms with Crippen molar-refractivity contribution in [3.8, 4) is 28.7 Å². The SMILES string of the molecule is CCCCOc1cc(Br)c(-c2cc(C)[nH]c(=O)c2C#N)cc1OCC. The molecule has 1 aromatic carbocycles. The minimum Gasteiger partial charge on any atom is -0.490 e. The monoisotopic (exact) mass is 404 g/mol. The molecule has 0 atom stereocenters. The molecule has 1 heterocycles. The molecule has 2 aromatic rings. The Kier molecular flexibility index (Phi) is 6.65. The van der Waals surface area contributed by atoms with Gasteiger partial charge < -0.3 is 14.5 Å². The van der Waals surface area contributed by atoms with Crippen molar-refractivity contribution in [2.45, 2.75) is 33.6 Å². The zero-order valence-corrected chi connectivity index (χ0v) is 16.2. The first kappa shape index (κ1) is 19.1. The van der Waals surface area contributed by atoms with Gasteiger partial charge in [-0.05, 0) is 38.5 Å². The van der Waals surface area contributed by atoms with Gasteiger partial charge in [-0.25, -0.2) is 0 Å². The van der Waals surface area contributed by atoms with E-state index in [4.69, 9.17) is 9.47 Å². The quantitative estimate of drug-likeness (QED) is 0.686. The molecule has 0 aliphatic carbocycles. The second kappa shape index (κ2) is 8.72. The Hall–Kier alpha value is -2.26. The molecule has 0 radical (unpaired) electrons. The van der Waals surface area contributed by atoms with Crippen LogP contribution in [-0.2, 0) is 0 Å². The van der Waals surface area contributed by atoms with Gasteiger partial charge in [0.2, 0.25) is 0 Å². The number of aryl methyl sites for hydroxylation is 1. The molecule has 6 heteroatoms. The fourth-order valence-electron chi connectivity index (χ4n) is 2.46. The van der Waals surface area contributed by atoms with Crippen molar-refractivity contribution < 1.29 is 9.47 Å². The van der Waals surface area contributed by atoms with Gasteiger partial charge in [-0.3, -0.25) is 4.79 Å². The molecule has 5 nitrogen and oxygen atoms in total. The highest BCUT2D eigenvalue weighted by Gasteiger charge is 2.17. The van der Waals surface area contributed by atoms with Crippen LogP contribution < -0.4 is 15.0 Å². The summed E-state index contributed by atoms with van der Waals surface area (Å²) in [5.74, 6) is 1.24. The number of halogens is 1. The van der Waals surface area contributed by atoms with E-state index < -0.39 is 5.56 Å². The summed E-state index contributed by atoms with van der Waals surface area (Å²) in [4.78, 5) is 14.7. The number of hydrogen-bond donors (Lipinski definition) is 1. The molecule has 0 bridgehead atoms. The molecule has 2 rings (SSSR count). The lowest BCUT2D eigenvalue weighted by atomic mass is 10.0. The van der Waals surface area contributed by atoms with Crippen LogP contribution >= 0.6 is 15.9 Å². The molecule has 1 N–H and O–H groups in total. The topological polar surface area (TPSA) is 75.1 Å². The molecule has 0 fully saturated rings.